The van der Waals surface area contributed by atoms with Crippen molar-refractivity contribution in [2.75, 3.05) is 6.61 Å². The molecule has 1 aliphatic rings. The molecule has 0 fully saturated rings. The van der Waals surface area contributed by atoms with Gasteiger partial charge in [0.1, 0.15) is 5.82 Å². The average Bonchev–Trinajstić information content (AvgIpc) is 2.17. The van der Waals surface area contributed by atoms with E-state index in [9.17, 15) is 0 Å². The molecule has 0 saturated heterocycles. The molecule has 0 spiro atoms. The maximum atomic E-state index is 5.69. The van der Waals surface area contributed by atoms with Crippen LogP contribution in [-0.4, -0.2) is 16.6 Å². The number of aromatic nitrogens is 2. The summed E-state index contributed by atoms with van der Waals surface area (Å²) in [6, 6.07) is -0.0897. The summed E-state index contributed by atoms with van der Waals surface area (Å²) in [6.45, 7) is 3.28. The molecule has 70 valence electrons. The molecule has 1 atom stereocenters. The lowest BCUT2D eigenvalue weighted by Gasteiger charge is -2.16. The highest BCUT2D eigenvalue weighted by Gasteiger charge is 2.13. The Balaban J connectivity index is 2.35. The molecule has 0 aliphatic carbocycles. The summed E-state index contributed by atoms with van der Waals surface area (Å²) in [6.07, 6.45) is 2.69. The summed E-state index contributed by atoms with van der Waals surface area (Å²) < 4.78 is 5.29. The number of ether oxygens (including phenoxy) is 1. The van der Waals surface area contributed by atoms with Gasteiger partial charge in [-0.15, -0.1) is 0 Å². The van der Waals surface area contributed by atoms with Gasteiger partial charge in [-0.25, -0.2) is 9.97 Å². The molecule has 4 heteroatoms. The summed E-state index contributed by atoms with van der Waals surface area (Å²) in [4.78, 5) is 8.57. The largest absolute Gasteiger partial charge is 0.376 e. The third kappa shape index (κ3) is 1.68. The summed E-state index contributed by atoms with van der Waals surface area (Å²) in [5.74, 6) is 0.723. The number of fused-ring (bicyclic) bond motifs is 1. The maximum Gasteiger partial charge on any atom is 0.144 e. The highest BCUT2D eigenvalue weighted by molar-refractivity contribution is 5.19. The minimum atomic E-state index is -0.0897. The molecule has 1 aromatic heterocycles. The van der Waals surface area contributed by atoms with Gasteiger partial charge >= 0.3 is 0 Å². The lowest BCUT2D eigenvalue weighted by atomic mass is 10.1. The third-order valence-corrected chi connectivity index (χ3v) is 2.12. The van der Waals surface area contributed by atoms with Gasteiger partial charge in [-0.05, 0) is 6.92 Å². The van der Waals surface area contributed by atoms with E-state index in [0.717, 1.165) is 30.1 Å². The predicted molar refractivity (Wildman–Crippen MR) is 48.0 cm³/mol. The Morgan fingerprint density at radius 3 is 3.23 bits per heavy atom. The SMILES string of the molecule is CC(N)c1ncc2c(n1)CCOC2. The van der Waals surface area contributed by atoms with Crippen LogP contribution >= 0.6 is 0 Å². The van der Waals surface area contributed by atoms with Gasteiger partial charge in [0.15, 0.2) is 0 Å². The van der Waals surface area contributed by atoms with Gasteiger partial charge in [-0.2, -0.15) is 0 Å². The zero-order valence-corrected chi connectivity index (χ0v) is 7.66. The van der Waals surface area contributed by atoms with Crippen LogP contribution in [0.5, 0.6) is 0 Å². The van der Waals surface area contributed by atoms with Gasteiger partial charge in [0.05, 0.1) is 24.9 Å². The standard InChI is InChI=1S/C9H13N3O/c1-6(10)9-11-4-7-5-13-3-2-8(7)12-9/h4,6H,2-3,5,10H2,1H3. The van der Waals surface area contributed by atoms with Crippen molar-refractivity contribution in [1.29, 1.82) is 0 Å². The van der Waals surface area contributed by atoms with Gasteiger partial charge in [-0.3, -0.25) is 0 Å². The van der Waals surface area contributed by atoms with E-state index < -0.39 is 0 Å². The highest BCUT2D eigenvalue weighted by Crippen LogP contribution is 2.14. The van der Waals surface area contributed by atoms with Crippen LogP contribution in [-0.2, 0) is 17.8 Å². The first-order chi connectivity index (χ1) is 6.27. The molecule has 0 radical (unpaired) electrons. The molecule has 0 saturated carbocycles. The molecule has 2 heterocycles. The number of nitrogens with two attached hydrogens (primary N) is 1. The Kier molecular flexibility index (Phi) is 2.24. The molecule has 13 heavy (non-hydrogen) atoms. The number of hydrogen-bond donors (Lipinski definition) is 1. The second kappa shape index (κ2) is 3.40. The number of hydrogen-bond acceptors (Lipinski definition) is 4. The molecule has 4 nitrogen and oxygen atoms in total. The van der Waals surface area contributed by atoms with Crippen molar-refractivity contribution in [3.05, 3.63) is 23.3 Å². The van der Waals surface area contributed by atoms with Crippen molar-refractivity contribution in [2.24, 2.45) is 5.73 Å². The molecule has 0 amide bonds. The van der Waals surface area contributed by atoms with Crippen LogP contribution in [0.25, 0.3) is 0 Å². The van der Waals surface area contributed by atoms with E-state index in [0.29, 0.717) is 6.61 Å². The summed E-state index contributed by atoms with van der Waals surface area (Å²) in [5.41, 5.74) is 7.88. The predicted octanol–water partition coefficient (Wildman–Crippen LogP) is 0.569. The molecular weight excluding hydrogens is 166 g/mol. The molecule has 2 rings (SSSR count). The second-order valence-electron chi connectivity index (χ2n) is 3.29. The van der Waals surface area contributed by atoms with Crippen LogP contribution in [0.2, 0.25) is 0 Å². The van der Waals surface area contributed by atoms with Gasteiger partial charge < -0.3 is 10.5 Å². The molecule has 2 N–H and O–H groups in total. The van der Waals surface area contributed by atoms with Crippen LogP contribution in [0.15, 0.2) is 6.20 Å². The average molecular weight is 179 g/mol. The fourth-order valence-corrected chi connectivity index (χ4v) is 1.36. The molecular formula is C9H13N3O. The van der Waals surface area contributed by atoms with Crippen molar-refractivity contribution in [3.63, 3.8) is 0 Å². The van der Waals surface area contributed by atoms with Gasteiger partial charge in [-0.1, -0.05) is 0 Å². The van der Waals surface area contributed by atoms with Gasteiger partial charge in [0.25, 0.3) is 0 Å². The smallest absolute Gasteiger partial charge is 0.144 e. The van der Waals surface area contributed by atoms with Crippen molar-refractivity contribution >= 4 is 0 Å². The van der Waals surface area contributed by atoms with Crippen LogP contribution in [0.3, 0.4) is 0 Å². The topological polar surface area (TPSA) is 61.0 Å². The monoisotopic (exact) mass is 179 g/mol. The quantitative estimate of drug-likeness (QED) is 0.684. The zero-order chi connectivity index (χ0) is 9.26. The van der Waals surface area contributed by atoms with Crippen LogP contribution in [0.4, 0.5) is 0 Å². The first-order valence-electron chi connectivity index (χ1n) is 4.45. The number of nitrogens with zero attached hydrogens (tertiary/aromatic N) is 2. The normalized spacial score (nSPS) is 18.0. The van der Waals surface area contributed by atoms with Crippen LogP contribution < -0.4 is 5.73 Å². The molecule has 1 aromatic rings. The minimum absolute atomic E-state index is 0.0897. The zero-order valence-electron chi connectivity index (χ0n) is 7.66. The Morgan fingerprint density at radius 1 is 1.62 bits per heavy atom. The van der Waals surface area contributed by atoms with Gasteiger partial charge in [0.2, 0.25) is 0 Å². The van der Waals surface area contributed by atoms with Crippen molar-refractivity contribution < 1.29 is 4.74 Å². The van der Waals surface area contributed by atoms with E-state index in [-0.39, 0.29) is 6.04 Å². The molecule has 1 aliphatic heterocycles. The van der Waals surface area contributed by atoms with Crippen molar-refractivity contribution in [2.45, 2.75) is 26.0 Å². The first-order valence-corrected chi connectivity index (χ1v) is 4.45. The summed E-state index contributed by atoms with van der Waals surface area (Å²) >= 11 is 0. The van der Waals surface area contributed by atoms with Crippen LogP contribution in [0.1, 0.15) is 30.0 Å². The summed E-state index contributed by atoms with van der Waals surface area (Å²) in [5, 5.41) is 0. The van der Waals surface area contributed by atoms with Crippen molar-refractivity contribution in [3.8, 4) is 0 Å². The van der Waals surface area contributed by atoms with E-state index in [2.05, 4.69) is 9.97 Å². The Bertz CT molecular complexity index is 312. The Morgan fingerprint density at radius 2 is 2.46 bits per heavy atom. The summed E-state index contributed by atoms with van der Waals surface area (Å²) in [7, 11) is 0. The maximum absolute atomic E-state index is 5.69. The fourth-order valence-electron chi connectivity index (χ4n) is 1.36. The van der Waals surface area contributed by atoms with E-state index >= 15 is 0 Å². The van der Waals surface area contributed by atoms with E-state index in [4.69, 9.17) is 10.5 Å². The van der Waals surface area contributed by atoms with E-state index in [1.165, 1.54) is 0 Å². The molecule has 0 bridgehead atoms. The lowest BCUT2D eigenvalue weighted by Crippen LogP contribution is -2.17. The van der Waals surface area contributed by atoms with E-state index in [1.54, 1.807) is 0 Å². The Labute approximate surface area is 77.1 Å². The van der Waals surface area contributed by atoms with Crippen molar-refractivity contribution in [1.82, 2.24) is 9.97 Å². The lowest BCUT2D eigenvalue weighted by molar-refractivity contribution is 0.108. The first kappa shape index (κ1) is 8.59. The molecule has 1 unspecified atom stereocenters. The molecule has 0 aromatic carbocycles. The van der Waals surface area contributed by atoms with Gasteiger partial charge in [0, 0.05) is 18.2 Å². The third-order valence-electron chi connectivity index (χ3n) is 2.12. The number of rotatable bonds is 1. The second-order valence-corrected chi connectivity index (χ2v) is 3.29. The highest BCUT2D eigenvalue weighted by atomic mass is 16.5. The van der Waals surface area contributed by atoms with Crippen LogP contribution in [0, 0.1) is 0 Å². The Hall–Kier alpha value is -1.00. The minimum Gasteiger partial charge on any atom is -0.376 e. The van der Waals surface area contributed by atoms with E-state index in [1.807, 2.05) is 13.1 Å². The fraction of sp³-hybridized carbons (Fsp3) is 0.556.